The average Bonchev–Trinajstić information content (AvgIpc) is 2.40. The van der Waals surface area contributed by atoms with Crippen molar-refractivity contribution in [1.29, 1.82) is 0 Å². The molecule has 0 heterocycles. The predicted octanol–water partition coefficient (Wildman–Crippen LogP) is 1.06. The average molecular weight is 287 g/mol. The van der Waals surface area contributed by atoms with Gasteiger partial charge in [0.05, 0.1) is 11.6 Å². The Hall–Kier alpha value is -1.79. The molecule has 104 valence electrons. The lowest BCUT2D eigenvalue weighted by Gasteiger charge is -2.15. The van der Waals surface area contributed by atoms with Crippen molar-refractivity contribution < 1.29 is 19.4 Å². The molecule has 0 saturated heterocycles. The summed E-state index contributed by atoms with van der Waals surface area (Å²) in [5.41, 5.74) is 0.639. The summed E-state index contributed by atoms with van der Waals surface area (Å²) < 4.78 is 5.35. The number of imide groups is 1. The van der Waals surface area contributed by atoms with Crippen LogP contribution in [-0.2, 0) is 11.4 Å². The van der Waals surface area contributed by atoms with Gasteiger partial charge in [-0.1, -0.05) is 17.7 Å². The van der Waals surface area contributed by atoms with Crippen LogP contribution in [0.4, 0.5) is 4.79 Å². The van der Waals surface area contributed by atoms with Crippen LogP contribution in [0.2, 0.25) is 5.02 Å². The molecule has 1 rings (SSSR count). The van der Waals surface area contributed by atoms with Crippen molar-refractivity contribution in [2.45, 2.75) is 19.6 Å². The number of ether oxygens (including phenoxy) is 1. The minimum atomic E-state index is -0.880. The van der Waals surface area contributed by atoms with Gasteiger partial charge < -0.3 is 15.2 Å². The summed E-state index contributed by atoms with van der Waals surface area (Å²) in [6, 6.07) is 4.12. The zero-order valence-corrected chi connectivity index (χ0v) is 11.3. The lowest BCUT2D eigenvalue weighted by atomic mass is 10.2. The first-order chi connectivity index (χ1) is 8.97. The van der Waals surface area contributed by atoms with Crippen molar-refractivity contribution in [1.82, 2.24) is 10.6 Å². The van der Waals surface area contributed by atoms with Gasteiger partial charge in [0.15, 0.2) is 6.10 Å². The topological polar surface area (TPSA) is 87.7 Å². The van der Waals surface area contributed by atoms with Crippen LogP contribution in [0, 0.1) is 0 Å². The standard InChI is InChI=1S/C12H15ClN2O4/c1-7(11(17)15-12(18)14-2)19-10-4-3-8(6-16)5-9(10)13/h3-5,7,16H,6H2,1-2H3,(H2,14,15,17,18). The summed E-state index contributed by atoms with van der Waals surface area (Å²) >= 11 is 5.94. The summed E-state index contributed by atoms with van der Waals surface area (Å²) in [6.45, 7) is 1.36. The molecule has 0 spiro atoms. The largest absolute Gasteiger partial charge is 0.479 e. The van der Waals surface area contributed by atoms with Crippen LogP contribution in [0.3, 0.4) is 0 Å². The van der Waals surface area contributed by atoms with E-state index < -0.39 is 18.0 Å². The molecule has 7 heteroatoms. The molecule has 1 unspecified atom stereocenters. The molecule has 6 nitrogen and oxygen atoms in total. The normalized spacial score (nSPS) is 11.6. The summed E-state index contributed by atoms with van der Waals surface area (Å²) in [7, 11) is 1.40. The summed E-state index contributed by atoms with van der Waals surface area (Å²) in [4.78, 5) is 22.5. The van der Waals surface area contributed by atoms with Gasteiger partial charge in [-0.15, -0.1) is 0 Å². The molecule has 0 aliphatic rings. The number of aliphatic hydroxyl groups excluding tert-OH is 1. The maximum Gasteiger partial charge on any atom is 0.321 e. The van der Waals surface area contributed by atoms with E-state index in [1.54, 1.807) is 18.2 Å². The molecule has 3 amide bonds. The summed E-state index contributed by atoms with van der Waals surface area (Å²) in [5.74, 6) is -0.278. The van der Waals surface area contributed by atoms with E-state index in [2.05, 4.69) is 10.6 Å². The predicted molar refractivity (Wildman–Crippen MR) is 70.1 cm³/mol. The van der Waals surface area contributed by atoms with E-state index in [-0.39, 0.29) is 11.6 Å². The highest BCUT2D eigenvalue weighted by Gasteiger charge is 2.18. The Kier molecular flexibility index (Phi) is 5.59. The molecule has 19 heavy (non-hydrogen) atoms. The van der Waals surface area contributed by atoms with E-state index in [0.717, 1.165) is 0 Å². The number of carbonyl (C=O) groups is 2. The Balaban J connectivity index is 2.68. The second-order valence-corrected chi connectivity index (χ2v) is 4.16. The number of rotatable bonds is 4. The molecule has 3 N–H and O–H groups in total. The van der Waals surface area contributed by atoms with Crippen molar-refractivity contribution in [3.05, 3.63) is 28.8 Å². The molecule has 1 aromatic carbocycles. The number of aliphatic hydroxyl groups is 1. The maximum atomic E-state index is 11.6. The molecular formula is C12H15ClN2O4. The van der Waals surface area contributed by atoms with E-state index in [1.807, 2.05) is 0 Å². The van der Waals surface area contributed by atoms with Gasteiger partial charge in [0, 0.05) is 7.05 Å². The number of nitrogens with one attached hydrogen (secondary N) is 2. The zero-order valence-electron chi connectivity index (χ0n) is 10.6. The van der Waals surface area contributed by atoms with Crippen molar-refractivity contribution in [3.63, 3.8) is 0 Å². The first-order valence-corrected chi connectivity index (χ1v) is 5.94. The van der Waals surface area contributed by atoms with Crippen LogP contribution in [-0.4, -0.2) is 30.2 Å². The molecule has 0 aromatic heterocycles. The number of carbonyl (C=O) groups excluding carboxylic acids is 2. The van der Waals surface area contributed by atoms with Gasteiger partial charge in [0.1, 0.15) is 5.75 Å². The number of halogens is 1. The summed E-state index contributed by atoms with van der Waals surface area (Å²) in [6.07, 6.45) is -0.880. The van der Waals surface area contributed by atoms with E-state index >= 15 is 0 Å². The fourth-order valence-electron chi connectivity index (χ4n) is 1.26. The van der Waals surface area contributed by atoms with Crippen molar-refractivity contribution >= 4 is 23.5 Å². The zero-order chi connectivity index (χ0) is 14.4. The quantitative estimate of drug-likeness (QED) is 0.772. The maximum absolute atomic E-state index is 11.6. The van der Waals surface area contributed by atoms with Crippen LogP contribution >= 0.6 is 11.6 Å². The Morgan fingerprint density at radius 2 is 2.16 bits per heavy atom. The van der Waals surface area contributed by atoms with Crippen molar-refractivity contribution in [3.8, 4) is 5.75 Å². The minimum Gasteiger partial charge on any atom is -0.479 e. The number of benzene rings is 1. The number of hydrogen-bond donors (Lipinski definition) is 3. The lowest BCUT2D eigenvalue weighted by molar-refractivity contribution is -0.126. The Morgan fingerprint density at radius 3 is 2.68 bits per heavy atom. The third-order valence-corrected chi connectivity index (χ3v) is 2.61. The first kappa shape index (κ1) is 15.3. The highest BCUT2D eigenvalue weighted by Crippen LogP contribution is 2.26. The van der Waals surface area contributed by atoms with Crippen LogP contribution in [0.1, 0.15) is 12.5 Å². The molecule has 1 aromatic rings. The first-order valence-electron chi connectivity index (χ1n) is 5.56. The Labute approximate surface area is 115 Å². The SMILES string of the molecule is CNC(=O)NC(=O)C(C)Oc1ccc(CO)cc1Cl. The lowest BCUT2D eigenvalue weighted by Crippen LogP contribution is -2.43. The van der Waals surface area contributed by atoms with Gasteiger partial charge in [-0.3, -0.25) is 10.1 Å². The second kappa shape index (κ2) is 6.96. The highest BCUT2D eigenvalue weighted by molar-refractivity contribution is 6.32. The fourth-order valence-corrected chi connectivity index (χ4v) is 1.51. The van der Waals surface area contributed by atoms with E-state index in [9.17, 15) is 9.59 Å². The van der Waals surface area contributed by atoms with Crippen LogP contribution in [0.25, 0.3) is 0 Å². The van der Waals surface area contributed by atoms with Gasteiger partial charge in [-0.05, 0) is 24.6 Å². The second-order valence-electron chi connectivity index (χ2n) is 3.75. The number of amides is 3. The minimum absolute atomic E-state index is 0.132. The highest BCUT2D eigenvalue weighted by atomic mass is 35.5. The molecule has 0 aliphatic carbocycles. The van der Waals surface area contributed by atoms with Gasteiger partial charge in [-0.25, -0.2) is 4.79 Å². The molecule has 0 aliphatic heterocycles. The van der Waals surface area contributed by atoms with Crippen LogP contribution < -0.4 is 15.4 Å². The number of urea groups is 1. The molecule has 1 atom stereocenters. The summed E-state index contributed by atoms with van der Waals surface area (Å²) in [5, 5.41) is 13.6. The Morgan fingerprint density at radius 1 is 1.47 bits per heavy atom. The van der Waals surface area contributed by atoms with Crippen molar-refractivity contribution in [2.24, 2.45) is 0 Å². The van der Waals surface area contributed by atoms with Gasteiger partial charge >= 0.3 is 6.03 Å². The van der Waals surface area contributed by atoms with Crippen LogP contribution in [0.5, 0.6) is 5.75 Å². The number of hydrogen-bond acceptors (Lipinski definition) is 4. The Bertz CT molecular complexity index is 479. The third kappa shape index (κ3) is 4.42. The fraction of sp³-hybridized carbons (Fsp3) is 0.333. The third-order valence-electron chi connectivity index (χ3n) is 2.32. The van der Waals surface area contributed by atoms with Gasteiger partial charge in [0.25, 0.3) is 5.91 Å². The van der Waals surface area contributed by atoms with E-state index in [4.69, 9.17) is 21.4 Å². The molecule has 0 fully saturated rings. The van der Waals surface area contributed by atoms with Gasteiger partial charge in [-0.2, -0.15) is 0 Å². The molecule has 0 saturated carbocycles. The molecule has 0 radical (unpaired) electrons. The van der Waals surface area contributed by atoms with E-state index in [1.165, 1.54) is 14.0 Å². The smallest absolute Gasteiger partial charge is 0.321 e. The molecular weight excluding hydrogens is 272 g/mol. The van der Waals surface area contributed by atoms with Gasteiger partial charge in [0.2, 0.25) is 0 Å². The van der Waals surface area contributed by atoms with Crippen LogP contribution in [0.15, 0.2) is 18.2 Å². The molecule has 0 bridgehead atoms. The van der Waals surface area contributed by atoms with Crippen molar-refractivity contribution in [2.75, 3.05) is 7.05 Å². The monoisotopic (exact) mass is 286 g/mol. The van der Waals surface area contributed by atoms with E-state index in [0.29, 0.717) is 11.3 Å².